The molecule has 0 unspecified atom stereocenters. The van der Waals surface area contributed by atoms with E-state index in [1.54, 1.807) is 7.11 Å². The Morgan fingerprint density at radius 1 is 1.00 bits per heavy atom. The summed E-state index contributed by atoms with van der Waals surface area (Å²) in [6.07, 6.45) is 0. The van der Waals surface area contributed by atoms with Crippen LogP contribution in [0, 0.1) is 13.8 Å². The second-order valence-corrected chi connectivity index (χ2v) is 5.33. The van der Waals surface area contributed by atoms with Gasteiger partial charge in [-0.1, -0.05) is 24.3 Å². The van der Waals surface area contributed by atoms with Gasteiger partial charge in [0.25, 0.3) is 0 Å². The first-order chi connectivity index (χ1) is 11.2. The van der Waals surface area contributed by atoms with E-state index in [1.807, 2.05) is 62.4 Å². The molecule has 0 saturated carbocycles. The lowest BCUT2D eigenvalue weighted by atomic mass is 10.2. The lowest BCUT2D eigenvalue weighted by molar-refractivity contribution is 0.279. The lowest BCUT2D eigenvalue weighted by Gasteiger charge is -2.10. The Hall–Kier alpha value is -2.75. The van der Waals surface area contributed by atoms with E-state index < -0.39 is 0 Å². The molecule has 1 heterocycles. The van der Waals surface area contributed by atoms with Crippen molar-refractivity contribution >= 4 is 0 Å². The van der Waals surface area contributed by atoms with Crippen molar-refractivity contribution in [3.63, 3.8) is 0 Å². The maximum Gasteiger partial charge on any atom is 0.226 e. The average molecular weight is 309 g/mol. The molecule has 0 radical (unpaired) electrons. The van der Waals surface area contributed by atoms with Crippen LogP contribution in [-0.4, -0.2) is 12.1 Å². The van der Waals surface area contributed by atoms with Crippen molar-refractivity contribution < 1.29 is 13.9 Å². The minimum absolute atomic E-state index is 0.335. The highest BCUT2D eigenvalue weighted by Crippen LogP contribution is 2.29. The van der Waals surface area contributed by atoms with Gasteiger partial charge < -0.3 is 13.9 Å². The number of hydrogen-bond donors (Lipinski definition) is 0. The zero-order chi connectivity index (χ0) is 16.2. The van der Waals surface area contributed by atoms with E-state index in [2.05, 4.69) is 4.98 Å². The van der Waals surface area contributed by atoms with Crippen molar-refractivity contribution in [2.45, 2.75) is 20.5 Å². The first-order valence-electron chi connectivity index (χ1n) is 7.46. The molecule has 0 bridgehead atoms. The van der Waals surface area contributed by atoms with Crippen LogP contribution in [0.4, 0.5) is 0 Å². The van der Waals surface area contributed by atoms with Crippen LogP contribution in [0.5, 0.6) is 11.5 Å². The van der Waals surface area contributed by atoms with Crippen LogP contribution in [0.3, 0.4) is 0 Å². The van der Waals surface area contributed by atoms with E-state index in [-0.39, 0.29) is 0 Å². The number of hydrogen-bond acceptors (Lipinski definition) is 4. The number of ether oxygens (including phenoxy) is 2. The molecule has 0 N–H and O–H groups in total. The molecule has 118 valence electrons. The van der Waals surface area contributed by atoms with Gasteiger partial charge in [0.1, 0.15) is 18.1 Å². The highest BCUT2D eigenvalue weighted by Gasteiger charge is 2.13. The maximum absolute atomic E-state index is 5.85. The average Bonchev–Trinajstić information content (AvgIpc) is 2.95. The van der Waals surface area contributed by atoms with Gasteiger partial charge in [-0.25, -0.2) is 4.98 Å². The Bertz CT molecular complexity index is 794. The van der Waals surface area contributed by atoms with Gasteiger partial charge in [0.15, 0.2) is 11.5 Å². The first kappa shape index (κ1) is 15.2. The van der Waals surface area contributed by atoms with Crippen LogP contribution in [0.15, 0.2) is 52.9 Å². The third-order valence-electron chi connectivity index (χ3n) is 3.60. The van der Waals surface area contributed by atoms with Crippen molar-refractivity contribution in [2.24, 2.45) is 0 Å². The van der Waals surface area contributed by atoms with Gasteiger partial charge in [-0.3, -0.25) is 0 Å². The number of methoxy groups -OCH3 is 1. The number of rotatable bonds is 5. The molecule has 3 rings (SSSR count). The van der Waals surface area contributed by atoms with Crippen LogP contribution < -0.4 is 9.47 Å². The summed E-state index contributed by atoms with van der Waals surface area (Å²) in [7, 11) is 1.64. The molecule has 2 aromatic carbocycles. The first-order valence-corrected chi connectivity index (χ1v) is 7.46. The summed E-state index contributed by atoms with van der Waals surface area (Å²) >= 11 is 0. The third kappa shape index (κ3) is 3.37. The van der Waals surface area contributed by atoms with Gasteiger partial charge in [0.05, 0.1) is 7.11 Å². The van der Waals surface area contributed by atoms with Gasteiger partial charge in [-0.15, -0.1) is 0 Å². The molecule has 23 heavy (non-hydrogen) atoms. The molecule has 4 nitrogen and oxygen atoms in total. The Kier molecular flexibility index (Phi) is 4.33. The van der Waals surface area contributed by atoms with Crippen molar-refractivity contribution in [1.82, 2.24) is 4.98 Å². The Morgan fingerprint density at radius 2 is 1.78 bits per heavy atom. The fourth-order valence-electron chi connectivity index (χ4n) is 2.31. The number of benzene rings is 2. The zero-order valence-electron chi connectivity index (χ0n) is 13.5. The number of oxazole rings is 1. The maximum atomic E-state index is 5.85. The monoisotopic (exact) mass is 309 g/mol. The summed E-state index contributed by atoms with van der Waals surface area (Å²) in [4.78, 5) is 4.54. The van der Waals surface area contributed by atoms with E-state index in [0.717, 1.165) is 28.3 Å². The van der Waals surface area contributed by atoms with Gasteiger partial charge in [-0.05, 0) is 43.7 Å². The van der Waals surface area contributed by atoms with Crippen LogP contribution in [0.2, 0.25) is 0 Å². The standard InChI is InChI=1S/C19H19NO3/c1-13-9-10-17(18(11-13)21-3)22-12-16-14(2)23-19(20-16)15-7-5-4-6-8-15/h4-11H,12H2,1-3H3. The molecule has 3 aromatic rings. The smallest absolute Gasteiger partial charge is 0.226 e. The lowest BCUT2D eigenvalue weighted by Crippen LogP contribution is -1.99. The topological polar surface area (TPSA) is 44.5 Å². The Labute approximate surface area is 135 Å². The predicted molar refractivity (Wildman–Crippen MR) is 88.7 cm³/mol. The van der Waals surface area contributed by atoms with Crippen molar-refractivity contribution in [3.05, 3.63) is 65.5 Å². The predicted octanol–water partition coefficient (Wildman–Crippen LogP) is 4.55. The van der Waals surface area contributed by atoms with E-state index >= 15 is 0 Å². The Balaban J connectivity index is 1.78. The van der Waals surface area contributed by atoms with Crippen LogP contribution in [0.1, 0.15) is 17.0 Å². The molecule has 0 saturated heterocycles. The SMILES string of the molecule is COc1cc(C)ccc1OCc1nc(-c2ccccc2)oc1C. The molecule has 4 heteroatoms. The molecular formula is C19H19NO3. The second-order valence-electron chi connectivity index (χ2n) is 5.33. The van der Waals surface area contributed by atoms with Crippen LogP contribution >= 0.6 is 0 Å². The van der Waals surface area contributed by atoms with Crippen molar-refractivity contribution in [1.29, 1.82) is 0 Å². The third-order valence-corrected chi connectivity index (χ3v) is 3.60. The summed E-state index contributed by atoms with van der Waals surface area (Å²) in [5, 5.41) is 0. The molecule has 0 aliphatic carbocycles. The van der Waals surface area contributed by atoms with Crippen LogP contribution in [-0.2, 0) is 6.61 Å². The Morgan fingerprint density at radius 3 is 2.52 bits per heavy atom. The van der Waals surface area contributed by atoms with E-state index in [4.69, 9.17) is 13.9 Å². The summed E-state index contributed by atoms with van der Waals surface area (Å²) in [6, 6.07) is 15.7. The minimum Gasteiger partial charge on any atom is -0.493 e. The highest BCUT2D eigenvalue weighted by atomic mass is 16.5. The highest BCUT2D eigenvalue weighted by molar-refractivity contribution is 5.53. The van der Waals surface area contributed by atoms with E-state index in [9.17, 15) is 0 Å². The van der Waals surface area contributed by atoms with Gasteiger partial charge >= 0.3 is 0 Å². The molecule has 0 atom stereocenters. The quantitative estimate of drug-likeness (QED) is 0.694. The molecule has 0 fully saturated rings. The zero-order valence-corrected chi connectivity index (χ0v) is 13.5. The van der Waals surface area contributed by atoms with E-state index in [1.165, 1.54) is 0 Å². The molecule has 0 aliphatic rings. The summed E-state index contributed by atoms with van der Waals surface area (Å²) < 4.78 is 16.9. The fraction of sp³-hybridized carbons (Fsp3) is 0.211. The van der Waals surface area contributed by atoms with E-state index in [0.29, 0.717) is 18.2 Å². The van der Waals surface area contributed by atoms with Crippen LogP contribution in [0.25, 0.3) is 11.5 Å². The molecule has 1 aromatic heterocycles. The van der Waals surface area contributed by atoms with Crippen molar-refractivity contribution in [2.75, 3.05) is 7.11 Å². The summed E-state index contributed by atoms with van der Waals surface area (Å²) in [5.41, 5.74) is 2.86. The van der Waals surface area contributed by atoms with Gasteiger partial charge in [-0.2, -0.15) is 0 Å². The largest absolute Gasteiger partial charge is 0.493 e. The number of aromatic nitrogens is 1. The summed E-state index contributed by atoms with van der Waals surface area (Å²) in [6.45, 7) is 4.24. The van der Waals surface area contributed by atoms with Crippen molar-refractivity contribution in [3.8, 4) is 23.0 Å². The molecule has 0 amide bonds. The molecule has 0 aliphatic heterocycles. The minimum atomic E-state index is 0.335. The summed E-state index contributed by atoms with van der Waals surface area (Å²) in [5.74, 6) is 2.78. The molecular weight excluding hydrogens is 290 g/mol. The number of nitrogens with zero attached hydrogens (tertiary/aromatic N) is 1. The number of aryl methyl sites for hydroxylation is 2. The molecule has 0 spiro atoms. The second kappa shape index (κ2) is 6.57. The normalized spacial score (nSPS) is 10.6. The van der Waals surface area contributed by atoms with Gasteiger partial charge in [0.2, 0.25) is 5.89 Å². The van der Waals surface area contributed by atoms with Gasteiger partial charge in [0, 0.05) is 5.56 Å². The fourth-order valence-corrected chi connectivity index (χ4v) is 2.31.